The van der Waals surface area contributed by atoms with E-state index < -0.39 is 6.10 Å². The van der Waals surface area contributed by atoms with E-state index in [1.165, 1.54) is 0 Å². The highest BCUT2D eigenvalue weighted by molar-refractivity contribution is 9.10. The highest BCUT2D eigenvalue weighted by Crippen LogP contribution is 2.27. The maximum Gasteiger partial charge on any atom is 0.143 e. The maximum atomic E-state index is 9.98. The SMILES string of the molecule is CC(O)c1nc2cc(N)ccc2n1-c1cccc(Br)c1. The summed E-state index contributed by atoms with van der Waals surface area (Å²) in [7, 11) is 0. The van der Waals surface area contributed by atoms with Gasteiger partial charge in [0, 0.05) is 15.8 Å². The average Bonchev–Trinajstić information content (AvgIpc) is 2.77. The lowest BCUT2D eigenvalue weighted by molar-refractivity contribution is 0.187. The van der Waals surface area contributed by atoms with Gasteiger partial charge in [-0.2, -0.15) is 0 Å². The van der Waals surface area contributed by atoms with Crippen molar-refractivity contribution < 1.29 is 5.11 Å². The molecule has 102 valence electrons. The molecule has 1 aromatic heterocycles. The van der Waals surface area contributed by atoms with Crippen molar-refractivity contribution in [2.45, 2.75) is 13.0 Å². The Hall–Kier alpha value is -1.85. The van der Waals surface area contributed by atoms with Crippen molar-refractivity contribution in [1.29, 1.82) is 0 Å². The molecule has 0 spiro atoms. The Kier molecular flexibility index (Phi) is 3.23. The molecule has 3 rings (SSSR count). The first-order valence-corrected chi connectivity index (χ1v) is 7.07. The molecule has 0 fully saturated rings. The van der Waals surface area contributed by atoms with Gasteiger partial charge in [0.25, 0.3) is 0 Å². The molecule has 0 aliphatic carbocycles. The average molecular weight is 332 g/mol. The molecule has 0 radical (unpaired) electrons. The molecule has 1 unspecified atom stereocenters. The van der Waals surface area contributed by atoms with E-state index >= 15 is 0 Å². The van der Waals surface area contributed by atoms with E-state index in [-0.39, 0.29) is 0 Å². The molecule has 3 N–H and O–H groups in total. The topological polar surface area (TPSA) is 64.1 Å². The summed E-state index contributed by atoms with van der Waals surface area (Å²) in [6.45, 7) is 1.71. The van der Waals surface area contributed by atoms with Gasteiger partial charge in [0.1, 0.15) is 11.9 Å². The number of nitrogen functional groups attached to an aromatic ring is 1. The molecule has 1 atom stereocenters. The van der Waals surface area contributed by atoms with E-state index in [0.29, 0.717) is 11.5 Å². The second kappa shape index (κ2) is 4.92. The number of aliphatic hydroxyl groups excluding tert-OH is 1. The van der Waals surface area contributed by atoms with E-state index in [1.807, 2.05) is 47.0 Å². The van der Waals surface area contributed by atoms with Gasteiger partial charge in [0.2, 0.25) is 0 Å². The first-order chi connectivity index (χ1) is 9.56. The lowest BCUT2D eigenvalue weighted by Crippen LogP contribution is -2.04. The summed E-state index contributed by atoms with van der Waals surface area (Å²) >= 11 is 3.47. The molecule has 4 nitrogen and oxygen atoms in total. The minimum atomic E-state index is -0.664. The van der Waals surface area contributed by atoms with Crippen LogP contribution in [0.1, 0.15) is 18.9 Å². The molecule has 0 saturated carbocycles. The second-order valence-corrected chi connectivity index (χ2v) is 5.63. The fourth-order valence-corrected chi connectivity index (χ4v) is 2.67. The van der Waals surface area contributed by atoms with Gasteiger partial charge in [-0.1, -0.05) is 22.0 Å². The van der Waals surface area contributed by atoms with E-state index in [2.05, 4.69) is 20.9 Å². The predicted octanol–water partition coefficient (Wildman–Crippen LogP) is 3.42. The summed E-state index contributed by atoms with van der Waals surface area (Å²) in [5.41, 5.74) is 9.11. The molecule has 1 heterocycles. The van der Waals surface area contributed by atoms with E-state index in [4.69, 9.17) is 5.73 Å². The Balaban J connectivity index is 2.34. The number of aliphatic hydroxyl groups is 1. The minimum Gasteiger partial charge on any atom is -0.399 e. The van der Waals surface area contributed by atoms with Crippen LogP contribution in [0.2, 0.25) is 0 Å². The van der Waals surface area contributed by atoms with Crippen molar-refractivity contribution in [3.05, 3.63) is 52.8 Å². The molecule has 5 heteroatoms. The first kappa shape index (κ1) is 13.1. The van der Waals surface area contributed by atoms with E-state index in [1.54, 1.807) is 6.92 Å². The quantitative estimate of drug-likeness (QED) is 0.707. The normalized spacial score (nSPS) is 12.8. The Bertz CT molecular complexity index is 780. The van der Waals surface area contributed by atoms with Crippen LogP contribution in [0.3, 0.4) is 0 Å². The zero-order chi connectivity index (χ0) is 14.3. The van der Waals surface area contributed by atoms with Gasteiger partial charge < -0.3 is 10.8 Å². The van der Waals surface area contributed by atoms with Crippen molar-refractivity contribution in [1.82, 2.24) is 9.55 Å². The summed E-state index contributed by atoms with van der Waals surface area (Å²) in [5, 5.41) is 9.98. The van der Waals surface area contributed by atoms with Gasteiger partial charge in [-0.05, 0) is 43.3 Å². The van der Waals surface area contributed by atoms with Gasteiger partial charge in [-0.25, -0.2) is 4.98 Å². The number of aromatic nitrogens is 2. The van der Waals surface area contributed by atoms with Gasteiger partial charge in [0.15, 0.2) is 0 Å². The lowest BCUT2D eigenvalue weighted by atomic mass is 10.2. The Morgan fingerprint density at radius 1 is 1.25 bits per heavy atom. The number of fused-ring (bicyclic) bond motifs is 1. The largest absolute Gasteiger partial charge is 0.399 e. The van der Waals surface area contributed by atoms with Crippen LogP contribution in [0.15, 0.2) is 46.9 Å². The smallest absolute Gasteiger partial charge is 0.143 e. The van der Waals surface area contributed by atoms with Crippen molar-refractivity contribution in [2.75, 3.05) is 5.73 Å². The third-order valence-corrected chi connectivity index (χ3v) is 3.64. The number of nitrogens with zero attached hydrogens (tertiary/aromatic N) is 2. The molecule has 20 heavy (non-hydrogen) atoms. The van der Waals surface area contributed by atoms with E-state index in [0.717, 1.165) is 21.2 Å². The summed E-state index contributed by atoms with van der Waals surface area (Å²) < 4.78 is 2.92. The number of rotatable bonds is 2. The fourth-order valence-electron chi connectivity index (χ4n) is 2.28. The summed E-state index contributed by atoms with van der Waals surface area (Å²) in [5.74, 6) is 0.601. The van der Waals surface area contributed by atoms with Gasteiger partial charge in [0.05, 0.1) is 11.0 Å². The van der Waals surface area contributed by atoms with Gasteiger partial charge in [-0.15, -0.1) is 0 Å². The molecule has 0 aliphatic heterocycles. The zero-order valence-corrected chi connectivity index (χ0v) is 12.5. The number of hydrogen-bond acceptors (Lipinski definition) is 3. The number of nitrogens with two attached hydrogens (primary N) is 1. The summed E-state index contributed by atoms with van der Waals surface area (Å²) in [6, 6.07) is 13.5. The lowest BCUT2D eigenvalue weighted by Gasteiger charge is -2.11. The third-order valence-electron chi connectivity index (χ3n) is 3.14. The number of imidazole rings is 1. The Morgan fingerprint density at radius 2 is 2.05 bits per heavy atom. The molecular formula is C15H14BrN3O. The van der Waals surface area contributed by atoms with Crippen LogP contribution >= 0.6 is 15.9 Å². The summed E-state index contributed by atoms with van der Waals surface area (Å²) in [4.78, 5) is 4.50. The molecule has 2 aromatic carbocycles. The predicted molar refractivity (Wildman–Crippen MR) is 83.8 cm³/mol. The molecule has 3 aromatic rings. The highest BCUT2D eigenvalue weighted by atomic mass is 79.9. The molecule has 0 saturated heterocycles. The second-order valence-electron chi connectivity index (χ2n) is 4.71. The Labute approximate surface area is 125 Å². The fraction of sp³-hybridized carbons (Fsp3) is 0.133. The monoisotopic (exact) mass is 331 g/mol. The standard InChI is InChI=1S/C15H14BrN3O/c1-9(20)15-18-13-8-11(17)5-6-14(13)19(15)12-4-2-3-10(16)7-12/h2-9,20H,17H2,1H3. The Morgan fingerprint density at radius 3 is 2.75 bits per heavy atom. The van der Waals surface area contributed by atoms with Crippen LogP contribution in [0.5, 0.6) is 0 Å². The molecule has 0 aliphatic rings. The van der Waals surface area contributed by atoms with Crippen LogP contribution in [0, 0.1) is 0 Å². The van der Waals surface area contributed by atoms with Crippen LogP contribution in [-0.4, -0.2) is 14.7 Å². The van der Waals surface area contributed by atoms with Gasteiger partial charge in [-0.3, -0.25) is 4.57 Å². The zero-order valence-electron chi connectivity index (χ0n) is 10.9. The van der Waals surface area contributed by atoms with Gasteiger partial charge >= 0.3 is 0 Å². The van der Waals surface area contributed by atoms with Crippen molar-refractivity contribution in [3.8, 4) is 5.69 Å². The van der Waals surface area contributed by atoms with Crippen molar-refractivity contribution in [3.63, 3.8) is 0 Å². The van der Waals surface area contributed by atoms with Crippen LogP contribution in [0.25, 0.3) is 16.7 Å². The first-order valence-electron chi connectivity index (χ1n) is 6.28. The summed E-state index contributed by atoms with van der Waals surface area (Å²) in [6.07, 6.45) is -0.664. The van der Waals surface area contributed by atoms with E-state index in [9.17, 15) is 5.11 Å². The number of halogens is 1. The molecule has 0 amide bonds. The van der Waals surface area contributed by atoms with Crippen molar-refractivity contribution >= 4 is 32.7 Å². The minimum absolute atomic E-state index is 0.601. The van der Waals surface area contributed by atoms with Crippen LogP contribution in [-0.2, 0) is 0 Å². The third kappa shape index (κ3) is 2.19. The van der Waals surface area contributed by atoms with Crippen molar-refractivity contribution in [2.24, 2.45) is 0 Å². The highest BCUT2D eigenvalue weighted by Gasteiger charge is 2.16. The molecule has 0 bridgehead atoms. The number of anilines is 1. The number of hydrogen-bond donors (Lipinski definition) is 2. The number of benzene rings is 2. The van der Waals surface area contributed by atoms with Crippen LogP contribution in [0.4, 0.5) is 5.69 Å². The van der Waals surface area contributed by atoms with Crippen LogP contribution < -0.4 is 5.73 Å². The maximum absolute atomic E-state index is 9.98. The molecular weight excluding hydrogens is 318 g/mol.